The van der Waals surface area contributed by atoms with Crippen molar-refractivity contribution in [2.24, 2.45) is 0 Å². The SMILES string of the molecule is COC(=O)c1cc2cc(C3CCOC(C)(C)C3)cnn2c1. The first kappa shape index (κ1) is 14.1. The van der Waals surface area contributed by atoms with Gasteiger partial charge in [-0.15, -0.1) is 0 Å². The number of methoxy groups -OCH3 is 1. The molecule has 5 nitrogen and oxygen atoms in total. The van der Waals surface area contributed by atoms with Gasteiger partial charge in [0.25, 0.3) is 0 Å². The monoisotopic (exact) mass is 288 g/mol. The van der Waals surface area contributed by atoms with Crippen molar-refractivity contribution >= 4 is 11.5 Å². The second-order valence-corrected chi connectivity index (χ2v) is 6.18. The van der Waals surface area contributed by atoms with Gasteiger partial charge in [0.05, 0.1) is 30.0 Å². The molecule has 1 fully saturated rings. The third-order valence-corrected chi connectivity index (χ3v) is 4.06. The lowest BCUT2D eigenvalue weighted by atomic mass is 9.84. The van der Waals surface area contributed by atoms with Gasteiger partial charge in [-0.2, -0.15) is 5.10 Å². The van der Waals surface area contributed by atoms with E-state index in [2.05, 4.69) is 25.0 Å². The molecule has 1 saturated heterocycles. The Hall–Kier alpha value is -1.88. The van der Waals surface area contributed by atoms with Crippen LogP contribution in [0.2, 0.25) is 0 Å². The Balaban J connectivity index is 1.92. The second kappa shape index (κ2) is 5.15. The highest BCUT2D eigenvalue weighted by Gasteiger charge is 2.30. The minimum absolute atomic E-state index is 0.0891. The van der Waals surface area contributed by atoms with Crippen molar-refractivity contribution in [2.45, 2.75) is 38.2 Å². The fraction of sp³-hybridized carbons (Fsp3) is 0.500. The van der Waals surface area contributed by atoms with Crippen LogP contribution in [0.25, 0.3) is 5.52 Å². The summed E-state index contributed by atoms with van der Waals surface area (Å²) in [6, 6.07) is 3.91. The van der Waals surface area contributed by atoms with Crippen molar-refractivity contribution in [3.63, 3.8) is 0 Å². The molecule has 0 saturated carbocycles. The van der Waals surface area contributed by atoms with E-state index in [9.17, 15) is 4.79 Å². The molecule has 1 unspecified atom stereocenters. The Labute approximate surface area is 123 Å². The highest BCUT2D eigenvalue weighted by Crippen LogP contribution is 2.35. The predicted octanol–water partition coefficient (Wildman–Crippen LogP) is 2.79. The Morgan fingerprint density at radius 2 is 2.29 bits per heavy atom. The van der Waals surface area contributed by atoms with Crippen LogP contribution in [0.15, 0.2) is 24.5 Å². The highest BCUT2D eigenvalue weighted by atomic mass is 16.5. The van der Waals surface area contributed by atoms with Gasteiger partial charge in [0.15, 0.2) is 0 Å². The van der Waals surface area contributed by atoms with Crippen LogP contribution in [0.5, 0.6) is 0 Å². The van der Waals surface area contributed by atoms with Crippen LogP contribution in [0, 0.1) is 0 Å². The van der Waals surface area contributed by atoms with Crippen molar-refractivity contribution in [3.8, 4) is 0 Å². The van der Waals surface area contributed by atoms with Gasteiger partial charge in [0.1, 0.15) is 0 Å². The fourth-order valence-corrected chi connectivity index (χ4v) is 2.98. The zero-order valence-electron chi connectivity index (χ0n) is 12.6. The second-order valence-electron chi connectivity index (χ2n) is 6.18. The number of nitrogens with zero attached hydrogens (tertiary/aromatic N) is 2. The van der Waals surface area contributed by atoms with Gasteiger partial charge in [-0.3, -0.25) is 0 Å². The first-order valence-electron chi connectivity index (χ1n) is 7.19. The molecule has 0 aromatic carbocycles. The standard InChI is InChI=1S/C16H20N2O3/c1-16(2)8-11(4-5-21-16)12-6-14-7-13(15(19)20-3)10-18(14)17-9-12/h6-7,9-11H,4-5,8H2,1-3H3. The zero-order chi connectivity index (χ0) is 15.0. The lowest BCUT2D eigenvalue weighted by Crippen LogP contribution is -2.33. The number of esters is 1. The van der Waals surface area contributed by atoms with Gasteiger partial charge in [-0.1, -0.05) is 0 Å². The van der Waals surface area contributed by atoms with Crippen LogP contribution in [0.3, 0.4) is 0 Å². The molecule has 112 valence electrons. The number of carbonyl (C=O) groups is 1. The predicted molar refractivity (Wildman–Crippen MR) is 78.5 cm³/mol. The molecular formula is C16H20N2O3. The Bertz CT molecular complexity index is 675. The molecule has 0 amide bonds. The smallest absolute Gasteiger partial charge is 0.339 e. The van der Waals surface area contributed by atoms with E-state index < -0.39 is 0 Å². The van der Waals surface area contributed by atoms with Gasteiger partial charge in [-0.25, -0.2) is 9.31 Å². The Morgan fingerprint density at radius 1 is 1.48 bits per heavy atom. The summed E-state index contributed by atoms with van der Waals surface area (Å²) in [7, 11) is 1.38. The van der Waals surface area contributed by atoms with Crippen LogP contribution >= 0.6 is 0 Å². The molecule has 1 aliphatic heterocycles. The number of ether oxygens (including phenoxy) is 2. The van der Waals surface area contributed by atoms with E-state index in [1.165, 1.54) is 12.7 Å². The molecule has 2 aromatic heterocycles. The van der Waals surface area contributed by atoms with Gasteiger partial charge >= 0.3 is 5.97 Å². The minimum Gasteiger partial charge on any atom is -0.465 e. The van der Waals surface area contributed by atoms with Gasteiger partial charge in [-0.05, 0) is 50.3 Å². The summed E-state index contributed by atoms with van der Waals surface area (Å²) < 4.78 is 12.2. The summed E-state index contributed by atoms with van der Waals surface area (Å²) in [6.07, 6.45) is 5.57. The maximum Gasteiger partial charge on any atom is 0.339 e. The van der Waals surface area contributed by atoms with E-state index in [-0.39, 0.29) is 11.6 Å². The molecule has 0 bridgehead atoms. The molecule has 2 aromatic rings. The lowest BCUT2D eigenvalue weighted by molar-refractivity contribution is -0.0593. The molecule has 0 N–H and O–H groups in total. The number of hydrogen-bond acceptors (Lipinski definition) is 4. The molecule has 0 spiro atoms. The summed E-state index contributed by atoms with van der Waals surface area (Å²) in [5.41, 5.74) is 2.55. The van der Waals surface area contributed by atoms with E-state index in [0.717, 1.165) is 25.0 Å². The van der Waals surface area contributed by atoms with Crippen LogP contribution in [0.4, 0.5) is 0 Å². The van der Waals surface area contributed by atoms with Crippen molar-refractivity contribution in [2.75, 3.05) is 13.7 Å². The number of carbonyl (C=O) groups excluding carboxylic acids is 1. The van der Waals surface area contributed by atoms with Crippen LogP contribution in [-0.2, 0) is 9.47 Å². The summed E-state index contributed by atoms with van der Waals surface area (Å²) in [4.78, 5) is 11.6. The molecule has 1 aliphatic rings. The third kappa shape index (κ3) is 2.78. The molecule has 0 aliphatic carbocycles. The lowest BCUT2D eigenvalue weighted by Gasteiger charge is -2.35. The van der Waals surface area contributed by atoms with Gasteiger partial charge in [0.2, 0.25) is 0 Å². The van der Waals surface area contributed by atoms with Gasteiger partial charge in [0, 0.05) is 12.8 Å². The van der Waals surface area contributed by atoms with Crippen molar-refractivity contribution in [1.29, 1.82) is 0 Å². The maximum absolute atomic E-state index is 11.6. The number of hydrogen-bond donors (Lipinski definition) is 0. The molecule has 1 atom stereocenters. The van der Waals surface area contributed by atoms with E-state index in [1.807, 2.05) is 12.3 Å². The normalized spacial score (nSPS) is 21.4. The molecule has 3 heterocycles. The zero-order valence-corrected chi connectivity index (χ0v) is 12.6. The van der Waals surface area contributed by atoms with E-state index in [4.69, 9.17) is 9.47 Å². The number of fused-ring (bicyclic) bond motifs is 1. The average molecular weight is 288 g/mol. The van der Waals surface area contributed by atoms with Crippen molar-refractivity contribution in [3.05, 3.63) is 35.7 Å². The first-order chi connectivity index (χ1) is 9.98. The molecule has 5 heteroatoms. The third-order valence-electron chi connectivity index (χ3n) is 4.06. The van der Waals surface area contributed by atoms with Crippen molar-refractivity contribution < 1.29 is 14.3 Å². The van der Waals surface area contributed by atoms with Gasteiger partial charge < -0.3 is 9.47 Å². The number of aromatic nitrogens is 2. The fourth-order valence-electron chi connectivity index (χ4n) is 2.98. The van der Waals surface area contributed by atoms with E-state index in [1.54, 1.807) is 10.7 Å². The summed E-state index contributed by atoms with van der Waals surface area (Å²) in [6.45, 7) is 5.02. The molecule has 0 radical (unpaired) electrons. The summed E-state index contributed by atoms with van der Waals surface area (Å²) >= 11 is 0. The quantitative estimate of drug-likeness (QED) is 0.797. The maximum atomic E-state index is 11.6. The largest absolute Gasteiger partial charge is 0.465 e. The molecule has 21 heavy (non-hydrogen) atoms. The molecular weight excluding hydrogens is 268 g/mol. The molecule has 3 rings (SSSR count). The summed E-state index contributed by atoms with van der Waals surface area (Å²) in [5.74, 6) is 0.108. The van der Waals surface area contributed by atoms with Crippen LogP contribution in [0.1, 0.15) is 48.5 Å². The highest BCUT2D eigenvalue weighted by molar-refractivity contribution is 5.91. The average Bonchev–Trinajstić information content (AvgIpc) is 2.88. The van der Waals surface area contributed by atoms with E-state index >= 15 is 0 Å². The Kier molecular flexibility index (Phi) is 3.45. The Morgan fingerprint density at radius 3 is 3.00 bits per heavy atom. The van der Waals surface area contributed by atoms with Crippen LogP contribution < -0.4 is 0 Å². The van der Waals surface area contributed by atoms with E-state index in [0.29, 0.717) is 11.5 Å². The number of rotatable bonds is 2. The van der Waals surface area contributed by atoms with Crippen LogP contribution in [-0.4, -0.2) is 34.9 Å². The topological polar surface area (TPSA) is 52.8 Å². The minimum atomic E-state index is -0.339. The summed E-state index contributed by atoms with van der Waals surface area (Å²) in [5, 5.41) is 4.41. The first-order valence-corrected chi connectivity index (χ1v) is 7.19. The van der Waals surface area contributed by atoms with Crippen molar-refractivity contribution in [1.82, 2.24) is 9.61 Å².